The van der Waals surface area contributed by atoms with Crippen molar-refractivity contribution >= 4 is 26.9 Å². The van der Waals surface area contributed by atoms with Gasteiger partial charge in [-0.05, 0) is 44.5 Å². The first kappa shape index (κ1) is 12.7. The van der Waals surface area contributed by atoms with E-state index in [-0.39, 0.29) is 6.04 Å². The van der Waals surface area contributed by atoms with E-state index in [0.717, 1.165) is 27.6 Å². The van der Waals surface area contributed by atoms with E-state index in [9.17, 15) is 0 Å². The third kappa shape index (κ3) is 2.90. The van der Waals surface area contributed by atoms with Crippen LogP contribution in [0.1, 0.15) is 39.0 Å². The Morgan fingerprint density at radius 3 is 2.76 bits per heavy atom. The molecule has 1 aromatic carbocycles. The van der Waals surface area contributed by atoms with Gasteiger partial charge in [0.05, 0.1) is 6.04 Å². The second kappa shape index (κ2) is 5.23. The summed E-state index contributed by atoms with van der Waals surface area (Å²) in [6, 6.07) is 8.95. The Balaban J connectivity index is 2.24. The zero-order chi connectivity index (χ0) is 12.4. The first-order chi connectivity index (χ1) is 8.10. The lowest BCUT2D eigenvalue weighted by Crippen LogP contribution is -2.27. The minimum absolute atomic E-state index is 0.246. The molecule has 0 bridgehead atoms. The predicted molar refractivity (Wildman–Crippen MR) is 75.2 cm³/mol. The lowest BCUT2D eigenvalue weighted by atomic mass is 10.2. The summed E-state index contributed by atoms with van der Waals surface area (Å²) >= 11 is 3.47. The number of halogens is 1. The highest BCUT2D eigenvalue weighted by atomic mass is 79.9. The molecule has 0 aliphatic rings. The normalized spacial score (nSPS) is 15.1. The number of furan rings is 1. The van der Waals surface area contributed by atoms with Crippen LogP contribution in [0.2, 0.25) is 0 Å². The maximum Gasteiger partial charge on any atom is 0.134 e. The summed E-state index contributed by atoms with van der Waals surface area (Å²) in [4.78, 5) is 0. The molecule has 0 aliphatic heterocycles. The molecule has 0 radical (unpaired) electrons. The van der Waals surface area contributed by atoms with Gasteiger partial charge in [0.2, 0.25) is 0 Å². The van der Waals surface area contributed by atoms with Crippen molar-refractivity contribution in [2.24, 2.45) is 0 Å². The predicted octanol–water partition coefficient (Wildman–Crippen LogP) is 4.64. The summed E-state index contributed by atoms with van der Waals surface area (Å²) < 4.78 is 6.93. The van der Waals surface area contributed by atoms with Crippen LogP contribution in [-0.4, -0.2) is 6.04 Å². The van der Waals surface area contributed by atoms with Crippen LogP contribution in [0.3, 0.4) is 0 Å². The molecule has 2 nitrogen and oxygen atoms in total. The monoisotopic (exact) mass is 295 g/mol. The average Bonchev–Trinajstić information content (AvgIpc) is 2.71. The van der Waals surface area contributed by atoms with E-state index in [2.05, 4.69) is 54.2 Å². The van der Waals surface area contributed by atoms with Crippen LogP contribution in [0, 0.1) is 0 Å². The van der Waals surface area contributed by atoms with Gasteiger partial charge in [-0.2, -0.15) is 0 Å². The fourth-order valence-electron chi connectivity index (χ4n) is 1.87. The summed E-state index contributed by atoms with van der Waals surface area (Å²) in [5.41, 5.74) is 0.945. The fourth-order valence-corrected chi connectivity index (χ4v) is 2.25. The third-order valence-electron chi connectivity index (χ3n) is 3.07. The molecule has 1 heterocycles. The molecule has 0 spiro atoms. The molecular weight excluding hydrogens is 278 g/mol. The Hall–Kier alpha value is -0.800. The topological polar surface area (TPSA) is 25.2 Å². The van der Waals surface area contributed by atoms with Gasteiger partial charge in [-0.1, -0.05) is 22.9 Å². The lowest BCUT2D eigenvalue weighted by Gasteiger charge is -2.16. The highest BCUT2D eigenvalue weighted by molar-refractivity contribution is 9.10. The van der Waals surface area contributed by atoms with Crippen LogP contribution in [-0.2, 0) is 0 Å². The summed E-state index contributed by atoms with van der Waals surface area (Å²) in [5, 5.41) is 4.66. The smallest absolute Gasteiger partial charge is 0.134 e. The molecule has 1 aromatic heterocycles. The number of hydrogen-bond donors (Lipinski definition) is 1. The zero-order valence-corrected chi connectivity index (χ0v) is 12.0. The molecule has 0 fully saturated rings. The van der Waals surface area contributed by atoms with Crippen LogP contribution >= 0.6 is 15.9 Å². The summed E-state index contributed by atoms with van der Waals surface area (Å²) in [5.74, 6) is 0.999. The number of rotatable bonds is 4. The standard InChI is InChI=1S/C14H18BrNO/c1-4-9(2)16-10(3)14-8-11-7-12(15)5-6-13(11)17-14/h5-10,16H,4H2,1-3H3. The molecule has 0 amide bonds. The van der Waals surface area contributed by atoms with Crippen molar-refractivity contribution in [3.8, 4) is 0 Å². The van der Waals surface area contributed by atoms with Gasteiger partial charge in [-0.3, -0.25) is 0 Å². The number of fused-ring (bicyclic) bond motifs is 1. The summed E-state index contributed by atoms with van der Waals surface area (Å²) in [7, 11) is 0. The maximum absolute atomic E-state index is 5.85. The number of benzene rings is 1. The van der Waals surface area contributed by atoms with Crippen molar-refractivity contribution in [2.45, 2.75) is 39.3 Å². The first-order valence-corrected chi connectivity index (χ1v) is 6.84. The maximum atomic E-state index is 5.85. The van der Waals surface area contributed by atoms with Crippen molar-refractivity contribution < 1.29 is 4.42 Å². The Bertz CT molecular complexity index is 506. The molecule has 0 saturated carbocycles. The molecule has 2 aromatic rings. The molecule has 3 heteroatoms. The Morgan fingerprint density at radius 1 is 1.29 bits per heavy atom. The van der Waals surface area contributed by atoms with E-state index >= 15 is 0 Å². The summed E-state index contributed by atoms with van der Waals surface area (Å²) in [6.45, 7) is 6.51. The van der Waals surface area contributed by atoms with E-state index in [1.807, 2.05) is 12.1 Å². The molecule has 17 heavy (non-hydrogen) atoms. The van der Waals surface area contributed by atoms with E-state index in [0.29, 0.717) is 6.04 Å². The number of nitrogens with one attached hydrogen (secondary N) is 1. The molecular formula is C14H18BrNO. The van der Waals surface area contributed by atoms with Crippen LogP contribution in [0.5, 0.6) is 0 Å². The van der Waals surface area contributed by atoms with Gasteiger partial charge in [0.25, 0.3) is 0 Å². The van der Waals surface area contributed by atoms with Crippen molar-refractivity contribution in [3.63, 3.8) is 0 Å². The van der Waals surface area contributed by atoms with E-state index in [4.69, 9.17) is 4.42 Å². The van der Waals surface area contributed by atoms with E-state index < -0.39 is 0 Å². The quantitative estimate of drug-likeness (QED) is 0.888. The highest BCUT2D eigenvalue weighted by Crippen LogP contribution is 2.26. The van der Waals surface area contributed by atoms with Crippen LogP contribution in [0.4, 0.5) is 0 Å². The van der Waals surface area contributed by atoms with E-state index in [1.54, 1.807) is 0 Å². The van der Waals surface area contributed by atoms with Gasteiger partial charge >= 0.3 is 0 Å². The van der Waals surface area contributed by atoms with Gasteiger partial charge < -0.3 is 9.73 Å². The minimum Gasteiger partial charge on any atom is -0.459 e. The lowest BCUT2D eigenvalue weighted by molar-refractivity contribution is 0.406. The second-order valence-corrected chi connectivity index (χ2v) is 5.44. The molecule has 0 aliphatic carbocycles. The molecule has 2 rings (SSSR count). The summed E-state index contributed by atoms with van der Waals surface area (Å²) in [6.07, 6.45) is 1.12. The van der Waals surface area contributed by atoms with Crippen LogP contribution in [0.15, 0.2) is 33.2 Å². The Morgan fingerprint density at radius 2 is 2.06 bits per heavy atom. The first-order valence-electron chi connectivity index (χ1n) is 6.05. The van der Waals surface area contributed by atoms with Crippen molar-refractivity contribution in [2.75, 3.05) is 0 Å². The highest BCUT2D eigenvalue weighted by Gasteiger charge is 2.13. The molecule has 2 atom stereocenters. The molecule has 0 saturated heterocycles. The fraction of sp³-hybridized carbons (Fsp3) is 0.429. The SMILES string of the molecule is CCC(C)NC(C)c1cc2cc(Br)ccc2o1. The van der Waals surface area contributed by atoms with Crippen LogP contribution < -0.4 is 5.32 Å². The van der Waals surface area contributed by atoms with Gasteiger partial charge in [0.1, 0.15) is 11.3 Å². The Labute approximate surface area is 111 Å². The van der Waals surface area contributed by atoms with Gasteiger partial charge in [-0.15, -0.1) is 0 Å². The third-order valence-corrected chi connectivity index (χ3v) is 3.56. The zero-order valence-electron chi connectivity index (χ0n) is 10.5. The van der Waals surface area contributed by atoms with Crippen molar-refractivity contribution in [3.05, 3.63) is 34.5 Å². The average molecular weight is 296 g/mol. The minimum atomic E-state index is 0.246. The van der Waals surface area contributed by atoms with Gasteiger partial charge in [-0.25, -0.2) is 0 Å². The molecule has 92 valence electrons. The van der Waals surface area contributed by atoms with Crippen molar-refractivity contribution in [1.29, 1.82) is 0 Å². The van der Waals surface area contributed by atoms with Crippen LogP contribution in [0.25, 0.3) is 11.0 Å². The van der Waals surface area contributed by atoms with Crippen molar-refractivity contribution in [1.82, 2.24) is 5.32 Å². The number of hydrogen-bond acceptors (Lipinski definition) is 2. The molecule has 2 unspecified atom stereocenters. The van der Waals surface area contributed by atoms with Gasteiger partial charge in [0, 0.05) is 15.9 Å². The van der Waals surface area contributed by atoms with E-state index in [1.165, 1.54) is 0 Å². The molecule has 1 N–H and O–H groups in total. The Kier molecular flexibility index (Phi) is 3.89. The van der Waals surface area contributed by atoms with Gasteiger partial charge in [0.15, 0.2) is 0 Å². The second-order valence-electron chi connectivity index (χ2n) is 4.53. The largest absolute Gasteiger partial charge is 0.459 e.